The smallest absolute Gasteiger partial charge is 0.408 e. The van der Waals surface area contributed by atoms with Crippen molar-refractivity contribution in [2.24, 2.45) is 0 Å². The molecule has 0 bridgehead atoms. The van der Waals surface area contributed by atoms with Crippen molar-refractivity contribution in [2.45, 2.75) is 25.5 Å². The molecule has 0 aromatic heterocycles. The number of ether oxygens (including phenoxy) is 3. The van der Waals surface area contributed by atoms with E-state index in [1.54, 1.807) is 61.7 Å². The molecule has 0 aliphatic heterocycles. The van der Waals surface area contributed by atoms with Crippen molar-refractivity contribution >= 4 is 17.8 Å². The number of rotatable bonds is 10. The number of hydrogen-bond acceptors (Lipinski definition) is 6. The first-order chi connectivity index (χ1) is 16.0. The molecule has 3 aromatic rings. The molecule has 7 heteroatoms. The Bertz CT molecular complexity index is 1050. The maximum Gasteiger partial charge on any atom is 0.408 e. The Kier molecular flexibility index (Phi) is 8.59. The van der Waals surface area contributed by atoms with E-state index in [-0.39, 0.29) is 25.2 Å². The van der Waals surface area contributed by atoms with E-state index in [2.05, 4.69) is 5.32 Å². The molecule has 0 radical (unpaired) electrons. The van der Waals surface area contributed by atoms with Gasteiger partial charge in [-0.25, -0.2) is 9.59 Å². The highest BCUT2D eigenvalue weighted by atomic mass is 16.6. The van der Waals surface area contributed by atoms with Crippen LogP contribution in [-0.2, 0) is 16.1 Å². The van der Waals surface area contributed by atoms with Crippen molar-refractivity contribution in [1.29, 1.82) is 0 Å². The number of carbonyl (C=O) groups is 3. The van der Waals surface area contributed by atoms with Gasteiger partial charge in [-0.05, 0) is 48.4 Å². The number of hydrogen-bond donors (Lipinski definition) is 1. The number of nitrogens with one attached hydrogen (secondary N) is 1. The largest absolute Gasteiger partial charge is 0.497 e. The summed E-state index contributed by atoms with van der Waals surface area (Å²) in [6.45, 7) is 0.0535. The van der Waals surface area contributed by atoms with Gasteiger partial charge in [0.1, 0.15) is 24.1 Å². The first-order valence-corrected chi connectivity index (χ1v) is 10.5. The molecular weight excluding hydrogens is 422 g/mol. The van der Waals surface area contributed by atoms with Crippen molar-refractivity contribution in [1.82, 2.24) is 5.32 Å². The molecule has 3 aromatic carbocycles. The van der Waals surface area contributed by atoms with Crippen LogP contribution in [0.3, 0.4) is 0 Å². The van der Waals surface area contributed by atoms with E-state index in [1.807, 2.05) is 30.3 Å². The molecule has 1 atom stereocenters. The lowest BCUT2D eigenvalue weighted by atomic mass is 10.0. The molecule has 0 aliphatic carbocycles. The Morgan fingerprint density at radius 2 is 1.45 bits per heavy atom. The summed E-state index contributed by atoms with van der Waals surface area (Å²) in [6.07, 6.45) is -0.692. The minimum Gasteiger partial charge on any atom is -0.497 e. The van der Waals surface area contributed by atoms with Crippen molar-refractivity contribution in [3.05, 3.63) is 96.1 Å². The third kappa shape index (κ3) is 7.50. The van der Waals surface area contributed by atoms with Gasteiger partial charge in [-0.15, -0.1) is 0 Å². The number of amides is 1. The van der Waals surface area contributed by atoms with Gasteiger partial charge in [0.25, 0.3) is 0 Å². The molecule has 3 rings (SSSR count). The second kappa shape index (κ2) is 12.0. The minimum absolute atomic E-state index is 0.0276. The van der Waals surface area contributed by atoms with Crippen LogP contribution in [0, 0.1) is 0 Å². The highest BCUT2D eigenvalue weighted by molar-refractivity contribution is 5.96. The van der Waals surface area contributed by atoms with Crippen molar-refractivity contribution in [3.63, 3.8) is 0 Å². The molecule has 170 valence electrons. The Hall–Kier alpha value is -4.13. The van der Waals surface area contributed by atoms with E-state index >= 15 is 0 Å². The van der Waals surface area contributed by atoms with Gasteiger partial charge < -0.3 is 19.5 Å². The second-order valence-corrected chi connectivity index (χ2v) is 7.18. The SMILES string of the molecule is COc1ccc(C(=O)CCC(NC(=O)OCc2ccccc2)C(=O)Oc2ccccc2)cc1. The van der Waals surface area contributed by atoms with E-state index in [4.69, 9.17) is 14.2 Å². The molecule has 0 fully saturated rings. The van der Waals surface area contributed by atoms with Crippen LogP contribution in [-0.4, -0.2) is 31.0 Å². The van der Waals surface area contributed by atoms with Crippen LogP contribution in [0.4, 0.5) is 4.79 Å². The molecule has 33 heavy (non-hydrogen) atoms. The number of para-hydroxylation sites is 1. The van der Waals surface area contributed by atoms with Gasteiger partial charge in [0, 0.05) is 12.0 Å². The summed E-state index contributed by atoms with van der Waals surface area (Å²) in [7, 11) is 1.54. The number of methoxy groups -OCH3 is 1. The van der Waals surface area contributed by atoms with Crippen molar-refractivity contribution in [3.8, 4) is 11.5 Å². The standard InChI is InChI=1S/C26H25NO6/c1-31-21-14-12-20(13-15-21)24(28)17-16-23(25(29)33-22-10-6-3-7-11-22)27-26(30)32-18-19-8-4-2-5-9-19/h2-15,23H,16-18H2,1H3,(H,27,30). The fourth-order valence-corrected chi connectivity index (χ4v) is 3.03. The summed E-state index contributed by atoms with van der Waals surface area (Å²) in [5.41, 5.74) is 1.29. The van der Waals surface area contributed by atoms with Crippen LogP contribution in [0.1, 0.15) is 28.8 Å². The van der Waals surface area contributed by atoms with Gasteiger partial charge >= 0.3 is 12.1 Å². The van der Waals surface area contributed by atoms with E-state index in [9.17, 15) is 14.4 Å². The monoisotopic (exact) mass is 447 g/mol. The lowest BCUT2D eigenvalue weighted by Gasteiger charge is -2.17. The fraction of sp³-hybridized carbons (Fsp3) is 0.192. The zero-order valence-corrected chi connectivity index (χ0v) is 18.2. The van der Waals surface area contributed by atoms with Gasteiger partial charge in [0.2, 0.25) is 0 Å². The average Bonchev–Trinajstić information content (AvgIpc) is 2.86. The number of benzene rings is 3. The van der Waals surface area contributed by atoms with E-state index < -0.39 is 18.1 Å². The highest BCUT2D eigenvalue weighted by Crippen LogP contribution is 2.15. The maximum atomic E-state index is 12.7. The molecular formula is C26H25NO6. The normalized spacial score (nSPS) is 11.2. The van der Waals surface area contributed by atoms with Crippen molar-refractivity contribution in [2.75, 3.05) is 7.11 Å². The zero-order valence-electron chi connectivity index (χ0n) is 18.2. The Morgan fingerprint density at radius 3 is 2.09 bits per heavy atom. The van der Waals surface area contributed by atoms with Crippen LogP contribution < -0.4 is 14.8 Å². The summed E-state index contributed by atoms with van der Waals surface area (Å²) in [4.78, 5) is 37.7. The summed E-state index contributed by atoms with van der Waals surface area (Å²) < 4.78 is 15.7. The number of carbonyl (C=O) groups excluding carboxylic acids is 3. The van der Waals surface area contributed by atoms with Gasteiger partial charge in [0.15, 0.2) is 5.78 Å². The molecule has 1 N–H and O–H groups in total. The quantitative estimate of drug-likeness (QED) is 0.278. The number of alkyl carbamates (subject to hydrolysis) is 1. The van der Waals surface area contributed by atoms with E-state index in [0.29, 0.717) is 17.1 Å². The van der Waals surface area contributed by atoms with Crippen LogP contribution in [0.25, 0.3) is 0 Å². The molecule has 0 spiro atoms. The van der Waals surface area contributed by atoms with Gasteiger partial charge in [-0.1, -0.05) is 48.5 Å². The molecule has 0 saturated heterocycles. The summed E-state index contributed by atoms with van der Waals surface area (Å²) in [5.74, 6) is 0.127. The van der Waals surface area contributed by atoms with Crippen LogP contribution in [0.15, 0.2) is 84.9 Å². The molecule has 7 nitrogen and oxygen atoms in total. The van der Waals surface area contributed by atoms with Crippen LogP contribution in [0.5, 0.6) is 11.5 Å². The highest BCUT2D eigenvalue weighted by Gasteiger charge is 2.25. The predicted molar refractivity (Wildman–Crippen MR) is 122 cm³/mol. The first kappa shape index (κ1) is 23.5. The Morgan fingerprint density at radius 1 is 0.818 bits per heavy atom. The topological polar surface area (TPSA) is 90.9 Å². The van der Waals surface area contributed by atoms with Gasteiger partial charge in [-0.3, -0.25) is 4.79 Å². The number of Topliss-reactive ketones (excluding diaryl/α,β-unsaturated/α-hetero) is 1. The lowest BCUT2D eigenvalue weighted by Crippen LogP contribution is -2.43. The summed E-state index contributed by atoms with van der Waals surface area (Å²) in [6, 6.07) is 23.3. The fourth-order valence-electron chi connectivity index (χ4n) is 3.03. The number of ketones is 1. The third-order valence-electron chi connectivity index (χ3n) is 4.82. The summed E-state index contributed by atoms with van der Waals surface area (Å²) in [5, 5.41) is 2.52. The Labute approximate surface area is 192 Å². The van der Waals surface area contributed by atoms with Gasteiger partial charge in [-0.2, -0.15) is 0 Å². The minimum atomic E-state index is -1.06. The molecule has 0 aliphatic rings. The van der Waals surface area contributed by atoms with Gasteiger partial charge in [0.05, 0.1) is 7.11 Å². The summed E-state index contributed by atoms with van der Waals surface area (Å²) >= 11 is 0. The second-order valence-electron chi connectivity index (χ2n) is 7.18. The van der Waals surface area contributed by atoms with E-state index in [1.165, 1.54) is 0 Å². The maximum absolute atomic E-state index is 12.7. The molecule has 1 amide bonds. The zero-order chi connectivity index (χ0) is 23.5. The number of esters is 1. The Balaban J connectivity index is 1.62. The average molecular weight is 447 g/mol. The lowest BCUT2D eigenvalue weighted by molar-refractivity contribution is -0.136. The molecule has 0 heterocycles. The van der Waals surface area contributed by atoms with Crippen LogP contribution >= 0.6 is 0 Å². The third-order valence-corrected chi connectivity index (χ3v) is 4.82. The molecule has 0 saturated carbocycles. The predicted octanol–water partition coefficient (Wildman–Crippen LogP) is 4.56. The molecule has 1 unspecified atom stereocenters. The first-order valence-electron chi connectivity index (χ1n) is 10.5. The van der Waals surface area contributed by atoms with Crippen molar-refractivity contribution < 1.29 is 28.6 Å². The van der Waals surface area contributed by atoms with Crippen LogP contribution in [0.2, 0.25) is 0 Å². The van der Waals surface area contributed by atoms with E-state index in [0.717, 1.165) is 5.56 Å².